The van der Waals surface area contributed by atoms with Gasteiger partial charge in [-0.25, -0.2) is 14.4 Å². The van der Waals surface area contributed by atoms with Crippen molar-refractivity contribution in [2.45, 2.75) is 70.7 Å². The lowest BCUT2D eigenvalue weighted by Gasteiger charge is -2.44. The van der Waals surface area contributed by atoms with Gasteiger partial charge < -0.3 is 23.9 Å². The van der Waals surface area contributed by atoms with Crippen LogP contribution in [0, 0.1) is 0 Å². The lowest BCUT2D eigenvalue weighted by atomic mass is 9.95. The van der Waals surface area contributed by atoms with Gasteiger partial charge in [-0.3, -0.25) is 4.90 Å². The zero-order valence-electron chi connectivity index (χ0n) is 23.8. The normalized spacial score (nSPS) is 18.4. The summed E-state index contributed by atoms with van der Waals surface area (Å²) < 4.78 is 16.8. The summed E-state index contributed by atoms with van der Waals surface area (Å²) in [7, 11) is 0. The molecule has 41 heavy (non-hydrogen) atoms. The van der Waals surface area contributed by atoms with Gasteiger partial charge in [-0.15, -0.1) is 0 Å². The van der Waals surface area contributed by atoms with E-state index in [0.717, 1.165) is 22.3 Å². The van der Waals surface area contributed by atoms with Crippen LogP contribution < -0.4 is 0 Å². The minimum atomic E-state index is -1.22. The van der Waals surface area contributed by atoms with E-state index in [4.69, 9.17) is 13.9 Å². The highest BCUT2D eigenvalue weighted by molar-refractivity contribution is 5.86. The minimum Gasteiger partial charge on any atom is -0.475 e. The number of piperidine rings is 1. The first-order chi connectivity index (χ1) is 19.5. The molecule has 1 aliphatic carbocycles. The van der Waals surface area contributed by atoms with Crippen LogP contribution in [0.4, 0.5) is 9.59 Å². The average molecular weight is 561 g/mol. The molecule has 1 fully saturated rings. The van der Waals surface area contributed by atoms with Crippen molar-refractivity contribution < 1.29 is 33.4 Å². The lowest BCUT2D eigenvalue weighted by molar-refractivity contribution is -0.00941. The molecule has 1 aliphatic heterocycles. The van der Waals surface area contributed by atoms with E-state index in [0.29, 0.717) is 24.9 Å². The summed E-state index contributed by atoms with van der Waals surface area (Å²) in [5, 5.41) is 9.63. The van der Waals surface area contributed by atoms with Gasteiger partial charge in [0.2, 0.25) is 5.76 Å². The van der Waals surface area contributed by atoms with Gasteiger partial charge in [0.15, 0.2) is 0 Å². The number of nitrogens with zero attached hydrogens (tertiary/aromatic N) is 2. The molecule has 9 heteroatoms. The molecule has 216 valence electrons. The van der Waals surface area contributed by atoms with Gasteiger partial charge >= 0.3 is 18.2 Å². The Morgan fingerprint density at radius 1 is 1.02 bits per heavy atom. The van der Waals surface area contributed by atoms with Gasteiger partial charge in [0.05, 0.1) is 24.9 Å². The molecule has 1 saturated heterocycles. The van der Waals surface area contributed by atoms with Crippen molar-refractivity contribution in [1.29, 1.82) is 0 Å². The summed E-state index contributed by atoms with van der Waals surface area (Å²) in [5.41, 5.74) is 4.13. The fourth-order valence-electron chi connectivity index (χ4n) is 5.94. The van der Waals surface area contributed by atoms with Crippen LogP contribution >= 0.6 is 0 Å². The quantitative estimate of drug-likeness (QED) is 0.366. The molecule has 0 unspecified atom stereocenters. The summed E-state index contributed by atoms with van der Waals surface area (Å²) in [6.45, 7) is 7.90. The minimum absolute atomic E-state index is 0.0357. The van der Waals surface area contributed by atoms with Crippen molar-refractivity contribution in [1.82, 2.24) is 9.80 Å². The molecule has 0 radical (unpaired) electrons. The van der Waals surface area contributed by atoms with Crippen molar-refractivity contribution >= 4 is 18.2 Å². The van der Waals surface area contributed by atoms with E-state index >= 15 is 0 Å². The highest BCUT2D eigenvalue weighted by Gasteiger charge is 2.40. The number of benzene rings is 2. The summed E-state index contributed by atoms with van der Waals surface area (Å²) >= 11 is 0. The second-order valence-electron chi connectivity index (χ2n) is 11.6. The molecule has 2 aliphatic rings. The molecule has 2 heterocycles. The van der Waals surface area contributed by atoms with Gasteiger partial charge in [-0.2, -0.15) is 0 Å². The Morgan fingerprint density at radius 2 is 1.66 bits per heavy atom. The Balaban J connectivity index is 1.41. The molecule has 0 spiro atoms. The highest BCUT2D eigenvalue weighted by atomic mass is 16.6. The van der Waals surface area contributed by atoms with E-state index in [2.05, 4.69) is 24.3 Å². The molecule has 2 aromatic carbocycles. The second kappa shape index (κ2) is 11.3. The molecule has 0 saturated carbocycles. The van der Waals surface area contributed by atoms with Crippen LogP contribution in [-0.2, 0) is 16.0 Å². The number of hydrogen-bond donors (Lipinski definition) is 1. The molecule has 1 aromatic heterocycles. The Labute approximate surface area is 239 Å². The van der Waals surface area contributed by atoms with Crippen molar-refractivity contribution in [2.75, 3.05) is 13.2 Å². The van der Waals surface area contributed by atoms with Gasteiger partial charge in [-0.1, -0.05) is 48.5 Å². The number of aromatic carboxylic acids is 1. The number of ether oxygens (including phenoxy) is 2. The topological polar surface area (TPSA) is 110 Å². The Morgan fingerprint density at radius 3 is 2.27 bits per heavy atom. The van der Waals surface area contributed by atoms with Crippen LogP contribution in [0.2, 0.25) is 0 Å². The van der Waals surface area contributed by atoms with Crippen LogP contribution in [-0.4, -0.2) is 63.9 Å². The molecule has 5 rings (SSSR count). The monoisotopic (exact) mass is 560 g/mol. The fraction of sp³-hybridized carbons (Fsp3) is 0.406. The maximum Gasteiger partial charge on any atom is 0.410 e. The number of hydrogen-bond acceptors (Lipinski definition) is 6. The maximum absolute atomic E-state index is 13.9. The standard InChI is InChI=1S/C32H36N2O7/c1-20-27(14-9-16-33(20)31(38)41-32(2,3)4)34(18-21-15-17-39-28(21)29(35)36)30(37)40-19-26-24-12-7-5-10-22(24)23-11-6-8-13-25(23)26/h5-8,10-13,15,17,20,26-27H,9,14,16,18-19H2,1-4H3,(H,35,36)/t20-,27+/m1/s1. The third kappa shape index (κ3) is 5.80. The van der Waals surface area contributed by atoms with Crippen molar-refractivity contribution in [2.24, 2.45) is 0 Å². The van der Waals surface area contributed by atoms with Crippen molar-refractivity contribution in [3.63, 3.8) is 0 Å². The first kappa shape index (κ1) is 28.3. The number of carboxylic acid groups (broad SMARTS) is 1. The predicted octanol–water partition coefficient (Wildman–Crippen LogP) is 6.52. The first-order valence-corrected chi connectivity index (χ1v) is 14.0. The number of fused-ring (bicyclic) bond motifs is 3. The number of carbonyl (C=O) groups excluding carboxylic acids is 2. The van der Waals surface area contributed by atoms with Crippen LogP contribution in [0.25, 0.3) is 11.1 Å². The zero-order valence-corrected chi connectivity index (χ0v) is 23.8. The van der Waals surface area contributed by atoms with E-state index in [-0.39, 0.29) is 30.9 Å². The second-order valence-corrected chi connectivity index (χ2v) is 11.6. The summed E-state index contributed by atoms with van der Waals surface area (Å²) in [4.78, 5) is 41.9. The lowest BCUT2D eigenvalue weighted by Crippen LogP contribution is -2.57. The highest BCUT2D eigenvalue weighted by Crippen LogP contribution is 2.44. The SMILES string of the molecule is C[C@@H]1[C@@H](N(Cc2ccoc2C(=O)O)C(=O)OCC2c3ccccc3-c3ccccc32)CCCN1C(=O)OC(C)(C)C. The van der Waals surface area contributed by atoms with Gasteiger partial charge in [0, 0.05) is 18.0 Å². The molecule has 2 amide bonds. The fourth-order valence-corrected chi connectivity index (χ4v) is 5.94. The predicted molar refractivity (Wildman–Crippen MR) is 152 cm³/mol. The number of amides is 2. The molecule has 1 N–H and O–H groups in total. The number of rotatable bonds is 6. The third-order valence-corrected chi connectivity index (χ3v) is 7.83. The zero-order chi connectivity index (χ0) is 29.3. The first-order valence-electron chi connectivity index (χ1n) is 14.0. The number of carbonyl (C=O) groups is 3. The Hall–Kier alpha value is -4.27. The molecule has 3 aromatic rings. The van der Waals surface area contributed by atoms with E-state index in [1.165, 1.54) is 11.2 Å². The number of likely N-dealkylation sites (tertiary alicyclic amines) is 1. The van der Waals surface area contributed by atoms with Crippen molar-refractivity contribution in [3.8, 4) is 11.1 Å². The molecule has 9 nitrogen and oxygen atoms in total. The van der Waals surface area contributed by atoms with Crippen LogP contribution in [0.15, 0.2) is 65.3 Å². The van der Waals surface area contributed by atoms with Gasteiger partial charge in [-0.05, 0) is 68.9 Å². The van der Waals surface area contributed by atoms with Crippen LogP contribution in [0.3, 0.4) is 0 Å². The Bertz CT molecular complexity index is 1390. The van der Waals surface area contributed by atoms with Crippen LogP contribution in [0.5, 0.6) is 0 Å². The van der Waals surface area contributed by atoms with Gasteiger partial charge in [0.25, 0.3) is 0 Å². The van der Waals surface area contributed by atoms with E-state index in [9.17, 15) is 19.5 Å². The van der Waals surface area contributed by atoms with E-state index in [1.54, 1.807) is 11.0 Å². The summed E-state index contributed by atoms with van der Waals surface area (Å²) in [6, 6.07) is 16.9. The molecule has 0 bridgehead atoms. The third-order valence-electron chi connectivity index (χ3n) is 7.83. The molecular formula is C32H36N2O7. The Kier molecular flexibility index (Phi) is 7.80. The summed E-state index contributed by atoms with van der Waals surface area (Å²) in [5.74, 6) is -1.57. The van der Waals surface area contributed by atoms with Crippen molar-refractivity contribution in [3.05, 3.63) is 83.3 Å². The molecule has 2 atom stereocenters. The number of furan rings is 1. The summed E-state index contributed by atoms with van der Waals surface area (Å²) in [6.07, 6.45) is 1.54. The number of carboxylic acids is 1. The van der Waals surface area contributed by atoms with Crippen LogP contribution in [0.1, 0.15) is 73.7 Å². The smallest absolute Gasteiger partial charge is 0.410 e. The van der Waals surface area contributed by atoms with E-state index < -0.39 is 29.8 Å². The maximum atomic E-state index is 13.9. The van der Waals surface area contributed by atoms with E-state index in [1.807, 2.05) is 52.0 Å². The average Bonchev–Trinajstić information content (AvgIpc) is 3.52. The van der Waals surface area contributed by atoms with Gasteiger partial charge in [0.1, 0.15) is 12.2 Å². The molecular weight excluding hydrogens is 524 g/mol. The largest absolute Gasteiger partial charge is 0.475 e.